The zero-order valence-electron chi connectivity index (χ0n) is 5.06. The number of hydrogen-bond acceptors (Lipinski definition) is 1. The van der Waals surface area contributed by atoms with Gasteiger partial charge in [0.25, 0.3) is 0 Å². The zero-order chi connectivity index (χ0) is 6.85. The quantitative estimate of drug-likeness (QED) is 0.606. The third-order valence-corrected chi connectivity index (χ3v) is 2.03. The predicted molar refractivity (Wildman–Crippen MR) is 29.3 cm³/mol. The number of rotatable bonds is 2. The second-order valence-electron chi connectivity index (χ2n) is 2.52. The molecule has 3 heteroatoms. The molecule has 1 rings (SSSR count). The molecule has 0 aromatic carbocycles. The van der Waals surface area contributed by atoms with Crippen molar-refractivity contribution in [1.29, 1.82) is 0 Å². The van der Waals surface area contributed by atoms with Crippen molar-refractivity contribution in [1.82, 2.24) is 0 Å². The van der Waals surface area contributed by atoms with E-state index >= 15 is 0 Å². The van der Waals surface area contributed by atoms with Crippen molar-refractivity contribution < 1.29 is 13.9 Å². The topological polar surface area (TPSA) is 20.2 Å². The Balaban J connectivity index is 2.27. The second-order valence-corrected chi connectivity index (χ2v) is 2.52. The van der Waals surface area contributed by atoms with Gasteiger partial charge in [0.15, 0.2) is 0 Å². The Hall–Kier alpha value is -0.180. The number of halogens is 2. The maximum Gasteiger partial charge on any atom is 0.241 e. The van der Waals surface area contributed by atoms with Crippen molar-refractivity contribution >= 4 is 0 Å². The molecule has 0 aromatic rings. The second kappa shape index (κ2) is 2.60. The molecule has 0 bridgehead atoms. The van der Waals surface area contributed by atoms with E-state index in [1.54, 1.807) is 0 Å². The molecule has 1 nitrogen and oxygen atoms in total. The van der Waals surface area contributed by atoms with Gasteiger partial charge < -0.3 is 5.11 Å². The highest BCUT2D eigenvalue weighted by Crippen LogP contribution is 2.37. The molecule has 1 aliphatic carbocycles. The van der Waals surface area contributed by atoms with Gasteiger partial charge in [-0.25, -0.2) is 8.78 Å². The molecular formula is C6H10F2O. The fraction of sp³-hybridized carbons (Fsp3) is 1.00. The molecule has 0 amide bonds. The van der Waals surface area contributed by atoms with Crippen LogP contribution in [0.2, 0.25) is 0 Å². The molecule has 2 atom stereocenters. The summed E-state index contributed by atoms with van der Waals surface area (Å²) in [6.45, 7) is -0.0744. The van der Waals surface area contributed by atoms with E-state index < -0.39 is 12.3 Å². The summed E-state index contributed by atoms with van der Waals surface area (Å²) in [5, 5.41) is 8.47. The van der Waals surface area contributed by atoms with Crippen LogP contribution in [-0.4, -0.2) is 18.1 Å². The van der Waals surface area contributed by atoms with Gasteiger partial charge in [-0.3, -0.25) is 0 Å². The van der Waals surface area contributed by atoms with E-state index in [2.05, 4.69) is 0 Å². The zero-order valence-corrected chi connectivity index (χ0v) is 5.06. The van der Waals surface area contributed by atoms with Gasteiger partial charge in [0.05, 0.1) is 0 Å². The maximum absolute atomic E-state index is 11.8. The Labute approximate surface area is 52.7 Å². The predicted octanol–water partition coefficient (Wildman–Crippen LogP) is 1.27. The van der Waals surface area contributed by atoms with E-state index in [0.29, 0.717) is 6.42 Å². The van der Waals surface area contributed by atoms with Gasteiger partial charge in [-0.15, -0.1) is 0 Å². The first-order chi connectivity index (χ1) is 4.25. The number of hydrogen-bond donors (Lipinski definition) is 1. The number of aliphatic hydroxyl groups excluding tert-OH is 1. The van der Waals surface area contributed by atoms with Gasteiger partial charge in [-0.1, -0.05) is 0 Å². The molecule has 1 N–H and O–H groups in total. The lowest BCUT2D eigenvalue weighted by Crippen LogP contribution is -2.34. The molecular weight excluding hydrogens is 126 g/mol. The summed E-state index contributed by atoms with van der Waals surface area (Å²) in [5.74, 6) is -0.639. The average molecular weight is 136 g/mol. The Morgan fingerprint density at radius 1 is 1.44 bits per heavy atom. The van der Waals surface area contributed by atoms with Gasteiger partial charge in [0.1, 0.15) is 0 Å². The molecule has 1 aliphatic rings. The smallest absolute Gasteiger partial charge is 0.241 e. The van der Waals surface area contributed by atoms with Crippen LogP contribution in [0.3, 0.4) is 0 Å². The van der Waals surface area contributed by atoms with Crippen LogP contribution in [0.1, 0.15) is 12.8 Å². The molecule has 2 unspecified atom stereocenters. The van der Waals surface area contributed by atoms with Gasteiger partial charge in [-0.2, -0.15) is 0 Å². The van der Waals surface area contributed by atoms with Crippen LogP contribution in [0.25, 0.3) is 0 Å². The van der Waals surface area contributed by atoms with Crippen LogP contribution >= 0.6 is 0 Å². The Morgan fingerprint density at radius 2 is 2.11 bits per heavy atom. The lowest BCUT2D eigenvalue weighted by Gasteiger charge is -2.34. The highest BCUT2D eigenvalue weighted by Gasteiger charge is 2.36. The van der Waals surface area contributed by atoms with E-state index in [1.807, 2.05) is 0 Å². The molecule has 0 aromatic heterocycles. The summed E-state index contributed by atoms with van der Waals surface area (Å²) in [4.78, 5) is 0. The molecule has 54 valence electrons. The molecule has 0 radical (unpaired) electrons. The van der Waals surface area contributed by atoms with Crippen LogP contribution in [0.4, 0.5) is 8.78 Å². The first-order valence-electron chi connectivity index (χ1n) is 3.14. The minimum atomic E-state index is -2.23. The summed E-state index contributed by atoms with van der Waals surface area (Å²) in [5.41, 5.74) is 0. The standard InChI is InChI=1S/C6H10F2O/c7-6(8)5-2-1-4(5)3-9/h4-6,9H,1-3H2. The normalized spacial score (nSPS) is 34.7. The van der Waals surface area contributed by atoms with Crippen molar-refractivity contribution in [3.05, 3.63) is 0 Å². The maximum atomic E-state index is 11.8. The third kappa shape index (κ3) is 1.21. The van der Waals surface area contributed by atoms with Crippen LogP contribution in [0.15, 0.2) is 0 Å². The Morgan fingerprint density at radius 3 is 2.22 bits per heavy atom. The molecule has 0 heterocycles. The van der Waals surface area contributed by atoms with E-state index in [4.69, 9.17) is 5.11 Å². The molecule has 0 aliphatic heterocycles. The van der Waals surface area contributed by atoms with Gasteiger partial charge >= 0.3 is 0 Å². The van der Waals surface area contributed by atoms with E-state index in [-0.39, 0.29) is 12.5 Å². The van der Waals surface area contributed by atoms with Crippen LogP contribution in [-0.2, 0) is 0 Å². The lowest BCUT2D eigenvalue weighted by atomic mass is 9.74. The first-order valence-corrected chi connectivity index (χ1v) is 3.14. The molecule has 9 heavy (non-hydrogen) atoms. The van der Waals surface area contributed by atoms with Crippen LogP contribution in [0.5, 0.6) is 0 Å². The highest BCUT2D eigenvalue weighted by molar-refractivity contribution is 4.81. The monoisotopic (exact) mass is 136 g/mol. The van der Waals surface area contributed by atoms with E-state index in [9.17, 15) is 8.78 Å². The molecule has 0 saturated heterocycles. The largest absolute Gasteiger partial charge is 0.396 e. The van der Waals surface area contributed by atoms with Crippen LogP contribution < -0.4 is 0 Å². The number of aliphatic hydroxyl groups is 1. The molecule has 1 saturated carbocycles. The van der Waals surface area contributed by atoms with Crippen molar-refractivity contribution in [2.45, 2.75) is 19.3 Å². The van der Waals surface area contributed by atoms with Gasteiger partial charge in [-0.05, 0) is 18.8 Å². The third-order valence-electron chi connectivity index (χ3n) is 2.03. The summed E-state index contributed by atoms with van der Waals surface area (Å²) in [6.07, 6.45) is -0.870. The van der Waals surface area contributed by atoms with E-state index in [1.165, 1.54) is 0 Å². The Bertz CT molecular complexity index is 93.1. The number of alkyl halides is 2. The van der Waals surface area contributed by atoms with Gasteiger partial charge in [0, 0.05) is 12.5 Å². The average Bonchev–Trinajstić information content (AvgIpc) is 1.61. The van der Waals surface area contributed by atoms with Gasteiger partial charge in [0.2, 0.25) is 6.43 Å². The first kappa shape index (κ1) is 6.93. The minimum Gasteiger partial charge on any atom is -0.396 e. The summed E-state index contributed by atoms with van der Waals surface area (Å²) in [6, 6.07) is 0. The van der Waals surface area contributed by atoms with Crippen LogP contribution in [0, 0.1) is 11.8 Å². The van der Waals surface area contributed by atoms with Crippen molar-refractivity contribution in [2.24, 2.45) is 11.8 Å². The van der Waals surface area contributed by atoms with Crippen molar-refractivity contribution in [3.8, 4) is 0 Å². The molecule has 0 spiro atoms. The SMILES string of the molecule is OCC1CCC1C(F)F. The fourth-order valence-electron chi connectivity index (χ4n) is 1.15. The molecule has 1 fully saturated rings. The summed E-state index contributed by atoms with van der Waals surface area (Å²) in [7, 11) is 0. The highest BCUT2D eigenvalue weighted by atomic mass is 19.3. The van der Waals surface area contributed by atoms with Crippen molar-refractivity contribution in [2.75, 3.05) is 6.61 Å². The minimum absolute atomic E-state index is 0.0744. The summed E-state index contributed by atoms with van der Waals surface area (Å²) >= 11 is 0. The van der Waals surface area contributed by atoms with E-state index in [0.717, 1.165) is 6.42 Å². The summed E-state index contributed by atoms with van der Waals surface area (Å²) < 4.78 is 23.6. The fourth-order valence-corrected chi connectivity index (χ4v) is 1.15. The van der Waals surface area contributed by atoms with Crippen molar-refractivity contribution in [3.63, 3.8) is 0 Å². The lowest BCUT2D eigenvalue weighted by molar-refractivity contribution is -0.0327. The Kier molecular flexibility index (Phi) is 2.01.